The molecule has 0 fully saturated rings. The van der Waals surface area contributed by atoms with Crippen molar-refractivity contribution in [3.8, 4) is 11.3 Å². The van der Waals surface area contributed by atoms with Crippen LogP contribution < -0.4 is 5.32 Å². The van der Waals surface area contributed by atoms with Crippen molar-refractivity contribution in [2.24, 2.45) is 0 Å². The van der Waals surface area contributed by atoms with E-state index in [1.165, 1.54) is 12.1 Å². The standard InChI is InChI=1S/C17H22FN3/c1-4-6-15-16(13-8-12(3)9-14(18)10-13)20-11-21-17(15)19-7-5-2/h8-11H,4-7H2,1-3H3,(H,19,20,21). The smallest absolute Gasteiger partial charge is 0.133 e. The highest BCUT2D eigenvalue weighted by atomic mass is 19.1. The molecule has 0 atom stereocenters. The van der Waals surface area contributed by atoms with Gasteiger partial charge in [0, 0.05) is 17.7 Å². The first kappa shape index (κ1) is 15.4. The van der Waals surface area contributed by atoms with E-state index in [9.17, 15) is 4.39 Å². The van der Waals surface area contributed by atoms with Crippen LogP contribution in [-0.4, -0.2) is 16.5 Å². The molecule has 112 valence electrons. The van der Waals surface area contributed by atoms with Crippen LogP contribution in [0.2, 0.25) is 0 Å². The van der Waals surface area contributed by atoms with Gasteiger partial charge < -0.3 is 5.32 Å². The summed E-state index contributed by atoms with van der Waals surface area (Å²) in [5.74, 6) is 0.639. The maximum Gasteiger partial charge on any atom is 0.133 e. The first-order valence-electron chi connectivity index (χ1n) is 7.51. The minimum Gasteiger partial charge on any atom is -0.370 e. The number of aromatic nitrogens is 2. The van der Waals surface area contributed by atoms with Crippen molar-refractivity contribution in [1.82, 2.24) is 9.97 Å². The van der Waals surface area contributed by atoms with Gasteiger partial charge in [0.1, 0.15) is 18.0 Å². The zero-order valence-corrected chi connectivity index (χ0v) is 12.9. The fourth-order valence-corrected chi connectivity index (χ4v) is 2.42. The topological polar surface area (TPSA) is 37.8 Å². The van der Waals surface area contributed by atoms with Crippen molar-refractivity contribution in [3.05, 3.63) is 41.5 Å². The van der Waals surface area contributed by atoms with Crippen LogP contribution in [0.3, 0.4) is 0 Å². The summed E-state index contributed by atoms with van der Waals surface area (Å²) >= 11 is 0. The van der Waals surface area contributed by atoms with E-state index >= 15 is 0 Å². The summed E-state index contributed by atoms with van der Waals surface area (Å²) in [6.07, 6.45) is 4.45. The van der Waals surface area contributed by atoms with Gasteiger partial charge in [-0.2, -0.15) is 0 Å². The number of nitrogens with one attached hydrogen (secondary N) is 1. The molecular formula is C17H22FN3. The molecule has 1 heterocycles. The lowest BCUT2D eigenvalue weighted by molar-refractivity contribution is 0.627. The lowest BCUT2D eigenvalue weighted by Gasteiger charge is -2.14. The third-order valence-corrected chi connectivity index (χ3v) is 3.30. The second-order valence-corrected chi connectivity index (χ2v) is 5.24. The number of nitrogens with zero attached hydrogens (tertiary/aromatic N) is 2. The molecule has 1 aromatic heterocycles. The molecule has 0 spiro atoms. The summed E-state index contributed by atoms with van der Waals surface area (Å²) in [5.41, 5.74) is 3.61. The van der Waals surface area contributed by atoms with Gasteiger partial charge in [0.15, 0.2) is 0 Å². The SMILES string of the molecule is CCCNc1ncnc(-c2cc(C)cc(F)c2)c1CCC. The molecule has 0 aliphatic heterocycles. The maximum atomic E-state index is 13.7. The highest BCUT2D eigenvalue weighted by Crippen LogP contribution is 2.28. The van der Waals surface area contributed by atoms with E-state index in [-0.39, 0.29) is 5.82 Å². The number of halogens is 1. The zero-order chi connectivity index (χ0) is 15.2. The molecule has 0 aliphatic carbocycles. The molecule has 0 saturated heterocycles. The molecule has 0 unspecified atom stereocenters. The Bertz CT molecular complexity index is 591. The third-order valence-electron chi connectivity index (χ3n) is 3.30. The van der Waals surface area contributed by atoms with E-state index in [1.807, 2.05) is 13.0 Å². The van der Waals surface area contributed by atoms with Crippen LogP contribution >= 0.6 is 0 Å². The summed E-state index contributed by atoms with van der Waals surface area (Å²) in [7, 11) is 0. The van der Waals surface area contributed by atoms with Gasteiger partial charge in [-0.05, 0) is 43.5 Å². The van der Waals surface area contributed by atoms with Crippen LogP contribution in [0.1, 0.15) is 37.8 Å². The van der Waals surface area contributed by atoms with E-state index < -0.39 is 0 Å². The van der Waals surface area contributed by atoms with Crippen molar-refractivity contribution in [2.45, 2.75) is 40.0 Å². The Balaban J connectivity index is 2.50. The molecule has 2 rings (SSSR count). The Morgan fingerprint density at radius 3 is 2.57 bits per heavy atom. The van der Waals surface area contributed by atoms with E-state index in [0.29, 0.717) is 0 Å². The summed E-state index contributed by atoms with van der Waals surface area (Å²) < 4.78 is 13.7. The molecule has 0 saturated carbocycles. The molecule has 0 bridgehead atoms. The quantitative estimate of drug-likeness (QED) is 0.857. The minimum atomic E-state index is -0.228. The predicted octanol–water partition coefficient (Wildman–Crippen LogP) is 4.37. The average Bonchev–Trinajstić information content (AvgIpc) is 2.45. The lowest BCUT2D eigenvalue weighted by atomic mass is 10.0. The highest BCUT2D eigenvalue weighted by molar-refractivity contribution is 5.69. The first-order chi connectivity index (χ1) is 10.2. The summed E-state index contributed by atoms with van der Waals surface area (Å²) in [4.78, 5) is 8.75. The first-order valence-corrected chi connectivity index (χ1v) is 7.51. The molecular weight excluding hydrogens is 265 g/mol. The number of aryl methyl sites for hydroxylation is 1. The summed E-state index contributed by atoms with van der Waals surface area (Å²) in [6, 6.07) is 5.03. The van der Waals surface area contributed by atoms with Crippen LogP contribution in [0.5, 0.6) is 0 Å². The van der Waals surface area contributed by atoms with Crippen LogP contribution in [0, 0.1) is 12.7 Å². The number of benzene rings is 1. The predicted molar refractivity (Wildman–Crippen MR) is 84.9 cm³/mol. The monoisotopic (exact) mass is 287 g/mol. The number of hydrogen-bond acceptors (Lipinski definition) is 3. The van der Waals surface area contributed by atoms with Gasteiger partial charge in [0.25, 0.3) is 0 Å². The van der Waals surface area contributed by atoms with Crippen molar-refractivity contribution < 1.29 is 4.39 Å². The average molecular weight is 287 g/mol. The van der Waals surface area contributed by atoms with E-state index in [1.54, 1.807) is 6.33 Å². The van der Waals surface area contributed by atoms with Crippen LogP contribution in [0.4, 0.5) is 10.2 Å². The van der Waals surface area contributed by atoms with E-state index in [4.69, 9.17) is 0 Å². The Morgan fingerprint density at radius 2 is 1.90 bits per heavy atom. The number of hydrogen-bond donors (Lipinski definition) is 1. The summed E-state index contributed by atoms with van der Waals surface area (Å²) in [5, 5.41) is 3.34. The molecule has 4 heteroatoms. The molecule has 0 radical (unpaired) electrons. The van der Waals surface area contributed by atoms with Gasteiger partial charge in [0.05, 0.1) is 5.69 Å². The van der Waals surface area contributed by atoms with Crippen LogP contribution in [0.15, 0.2) is 24.5 Å². The Hall–Kier alpha value is -1.97. The lowest BCUT2D eigenvalue weighted by Crippen LogP contribution is -2.08. The Kier molecular flexibility index (Phi) is 5.26. The van der Waals surface area contributed by atoms with E-state index in [0.717, 1.165) is 54.0 Å². The molecule has 3 nitrogen and oxygen atoms in total. The van der Waals surface area contributed by atoms with Crippen molar-refractivity contribution in [2.75, 3.05) is 11.9 Å². The Labute approximate surface area is 125 Å². The normalized spacial score (nSPS) is 10.7. The van der Waals surface area contributed by atoms with Gasteiger partial charge in [0.2, 0.25) is 0 Å². The third kappa shape index (κ3) is 3.78. The minimum absolute atomic E-state index is 0.228. The van der Waals surface area contributed by atoms with Gasteiger partial charge in [-0.25, -0.2) is 14.4 Å². The van der Waals surface area contributed by atoms with Crippen LogP contribution in [0.25, 0.3) is 11.3 Å². The largest absolute Gasteiger partial charge is 0.370 e. The van der Waals surface area contributed by atoms with Gasteiger partial charge in [-0.15, -0.1) is 0 Å². The highest BCUT2D eigenvalue weighted by Gasteiger charge is 2.13. The number of anilines is 1. The molecule has 0 amide bonds. The van der Waals surface area contributed by atoms with Crippen LogP contribution in [-0.2, 0) is 6.42 Å². The molecule has 1 aromatic carbocycles. The fraction of sp³-hybridized carbons (Fsp3) is 0.412. The Morgan fingerprint density at radius 1 is 1.10 bits per heavy atom. The number of rotatable bonds is 6. The van der Waals surface area contributed by atoms with Crippen molar-refractivity contribution in [1.29, 1.82) is 0 Å². The second-order valence-electron chi connectivity index (χ2n) is 5.24. The molecule has 21 heavy (non-hydrogen) atoms. The molecule has 1 N–H and O–H groups in total. The zero-order valence-electron chi connectivity index (χ0n) is 12.9. The molecule has 2 aromatic rings. The van der Waals surface area contributed by atoms with Crippen molar-refractivity contribution in [3.63, 3.8) is 0 Å². The van der Waals surface area contributed by atoms with Gasteiger partial charge >= 0.3 is 0 Å². The van der Waals surface area contributed by atoms with Crippen molar-refractivity contribution >= 4 is 5.82 Å². The summed E-state index contributed by atoms with van der Waals surface area (Å²) in [6.45, 7) is 7.00. The second kappa shape index (κ2) is 7.16. The van der Waals surface area contributed by atoms with E-state index in [2.05, 4.69) is 29.1 Å². The fourth-order valence-electron chi connectivity index (χ4n) is 2.42. The molecule has 0 aliphatic rings. The van der Waals surface area contributed by atoms with Gasteiger partial charge in [-0.1, -0.05) is 20.3 Å². The van der Waals surface area contributed by atoms with Gasteiger partial charge in [-0.3, -0.25) is 0 Å². The maximum absolute atomic E-state index is 13.7.